The molecule has 1 saturated heterocycles. The molecule has 0 amide bonds. The highest BCUT2D eigenvalue weighted by Gasteiger charge is 2.28. The molecule has 0 spiro atoms. The molecule has 0 bridgehead atoms. The molecule has 0 aromatic rings. The third kappa shape index (κ3) is 3.25. The van der Waals surface area contributed by atoms with Gasteiger partial charge in [-0.3, -0.25) is 0 Å². The number of rotatable bonds is 5. The van der Waals surface area contributed by atoms with Crippen molar-refractivity contribution in [3.8, 4) is 0 Å². The van der Waals surface area contributed by atoms with Gasteiger partial charge in [0, 0.05) is 32.8 Å². The molecule has 0 aromatic carbocycles. The summed E-state index contributed by atoms with van der Waals surface area (Å²) < 4.78 is 5.46. The molecule has 1 rings (SSSR count). The summed E-state index contributed by atoms with van der Waals surface area (Å²) in [6.07, 6.45) is 0. The van der Waals surface area contributed by atoms with Crippen molar-refractivity contribution in [2.75, 3.05) is 39.4 Å². The van der Waals surface area contributed by atoms with Crippen LogP contribution >= 0.6 is 0 Å². The molecule has 2 atom stereocenters. The Balaban J connectivity index is 2.24. The molecule has 1 aliphatic rings. The zero-order valence-electron chi connectivity index (χ0n) is 8.83. The lowest BCUT2D eigenvalue weighted by atomic mass is 9.99. The van der Waals surface area contributed by atoms with Crippen molar-refractivity contribution >= 4 is 0 Å². The summed E-state index contributed by atoms with van der Waals surface area (Å²) >= 11 is 0. The van der Waals surface area contributed by atoms with Crippen molar-refractivity contribution in [2.24, 2.45) is 17.6 Å². The molecular weight excluding hydrogens is 164 g/mol. The lowest BCUT2D eigenvalue weighted by Gasteiger charge is -2.14. The average molecular weight is 186 g/mol. The largest absolute Gasteiger partial charge is 0.381 e. The van der Waals surface area contributed by atoms with Crippen molar-refractivity contribution in [3.05, 3.63) is 0 Å². The molecule has 3 heteroatoms. The minimum Gasteiger partial charge on any atom is -0.381 e. The number of nitrogens with two attached hydrogens (primary N) is 1. The number of hydrogen-bond donors (Lipinski definition) is 1. The predicted octanol–water partition coefficient (Wildman–Crippen LogP) is 0.550. The van der Waals surface area contributed by atoms with Gasteiger partial charge in [-0.05, 0) is 18.8 Å². The summed E-state index contributed by atoms with van der Waals surface area (Å²) in [5.74, 6) is 1.48. The van der Waals surface area contributed by atoms with Crippen LogP contribution in [0.2, 0.25) is 0 Å². The fourth-order valence-corrected chi connectivity index (χ4v) is 1.99. The third-order valence-corrected chi connectivity index (χ3v) is 2.83. The molecule has 1 aliphatic heterocycles. The highest BCUT2D eigenvalue weighted by molar-refractivity contribution is 4.81. The SMILES string of the molecule is CCOCC1CN(CCN)CC1C. The number of ether oxygens (including phenoxy) is 1. The number of hydrogen-bond acceptors (Lipinski definition) is 3. The van der Waals surface area contributed by atoms with E-state index in [4.69, 9.17) is 10.5 Å². The van der Waals surface area contributed by atoms with Gasteiger partial charge in [-0.15, -0.1) is 0 Å². The second kappa shape index (κ2) is 5.58. The molecule has 0 aliphatic carbocycles. The van der Waals surface area contributed by atoms with Gasteiger partial charge in [-0.1, -0.05) is 6.92 Å². The highest BCUT2D eigenvalue weighted by atomic mass is 16.5. The maximum atomic E-state index is 5.53. The Kier molecular flexibility index (Phi) is 4.70. The Hall–Kier alpha value is -0.120. The van der Waals surface area contributed by atoms with E-state index in [1.54, 1.807) is 0 Å². The lowest BCUT2D eigenvalue weighted by Crippen LogP contribution is -2.27. The highest BCUT2D eigenvalue weighted by Crippen LogP contribution is 2.22. The summed E-state index contributed by atoms with van der Waals surface area (Å²) in [5.41, 5.74) is 5.53. The van der Waals surface area contributed by atoms with Gasteiger partial charge in [0.15, 0.2) is 0 Å². The quantitative estimate of drug-likeness (QED) is 0.681. The fourth-order valence-electron chi connectivity index (χ4n) is 1.99. The molecule has 2 unspecified atom stereocenters. The summed E-state index contributed by atoms with van der Waals surface area (Å²) in [5, 5.41) is 0. The second-order valence-corrected chi connectivity index (χ2v) is 3.95. The molecule has 0 aromatic heterocycles. The van der Waals surface area contributed by atoms with Crippen molar-refractivity contribution in [1.29, 1.82) is 0 Å². The molecular formula is C10H22N2O. The first kappa shape index (κ1) is 11.0. The average Bonchev–Trinajstić information content (AvgIpc) is 2.44. The summed E-state index contributed by atoms with van der Waals surface area (Å²) in [6.45, 7) is 10.3. The van der Waals surface area contributed by atoms with E-state index >= 15 is 0 Å². The minimum atomic E-state index is 0.714. The van der Waals surface area contributed by atoms with E-state index in [1.165, 1.54) is 13.1 Å². The molecule has 13 heavy (non-hydrogen) atoms. The van der Waals surface area contributed by atoms with E-state index in [0.717, 1.165) is 32.2 Å². The topological polar surface area (TPSA) is 38.5 Å². The normalized spacial score (nSPS) is 29.8. The van der Waals surface area contributed by atoms with Gasteiger partial charge in [0.25, 0.3) is 0 Å². The Bertz CT molecular complexity index is 141. The van der Waals surface area contributed by atoms with Gasteiger partial charge in [-0.25, -0.2) is 0 Å². The van der Waals surface area contributed by atoms with Crippen LogP contribution in [0.4, 0.5) is 0 Å². The molecule has 0 saturated carbocycles. The molecule has 1 fully saturated rings. The first-order chi connectivity index (χ1) is 6.27. The van der Waals surface area contributed by atoms with Gasteiger partial charge < -0.3 is 15.4 Å². The predicted molar refractivity (Wildman–Crippen MR) is 54.6 cm³/mol. The number of likely N-dealkylation sites (tertiary alicyclic amines) is 1. The van der Waals surface area contributed by atoms with Gasteiger partial charge >= 0.3 is 0 Å². The van der Waals surface area contributed by atoms with E-state index < -0.39 is 0 Å². The van der Waals surface area contributed by atoms with E-state index in [0.29, 0.717) is 5.92 Å². The molecule has 3 nitrogen and oxygen atoms in total. The van der Waals surface area contributed by atoms with Crippen LogP contribution in [0.5, 0.6) is 0 Å². The maximum absolute atomic E-state index is 5.53. The summed E-state index contributed by atoms with van der Waals surface area (Å²) in [6, 6.07) is 0. The van der Waals surface area contributed by atoms with Crippen LogP contribution in [0.15, 0.2) is 0 Å². The zero-order chi connectivity index (χ0) is 9.68. The first-order valence-electron chi connectivity index (χ1n) is 5.28. The standard InChI is InChI=1S/C10H22N2O/c1-3-13-8-10-7-12(5-4-11)6-9(10)2/h9-10H,3-8,11H2,1-2H3. The smallest absolute Gasteiger partial charge is 0.0509 e. The van der Waals surface area contributed by atoms with Gasteiger partial charge in [-0.2, -0.15) is 0 Å². The van der Waals surface area contributed by atoms with Crippen LogP contribution in [-0.2, 0) is 4.74 Å². The van der Waals surface area contributed by atoms with Crippen molar-refractivity contribution < 1.29 is 4.74 Å². The van der Waals surface area contributed by atoms with Crippen molar-refractivity contribution in [2.45, 2.75) is 13.8 Å². The molecule has 0 radical (unpaired) electrons. The summed E-state index contributed by atoms with van der Waals surface area (Å²) in [4.78, 5) is 2.44. The van der Waals surface area contributed by atoms with Gasteiger partial charge in [0.1, 0.15) is 0 Å². The number of nitrogens with zero attached hydrogens (tertiary/aromatic N) is 1. The third-order valence-electron chi connectivity index (χ3n) is 2.83. The Labute approximate surface area is 81.2 Å². The molecule has 1 heterocycles. The minimum absolute atomic E-state index is 0.714. The van der Waals surface area contributed by atoms with Crippen LogP contribution in [0, 0.1) is 11.8 Å². The van der Waals surface area contributed by atoms with Gasteiger partial charge in [0.05, 0.1) is 6.61 Å². The van der Waals surface area contributed by atoms with E-state index in [9.17, 15) is 0 Å². The van der Waals surface area contributed by atoms with E-state index in [2.05, 4.69) is 18.7 Å². The van der Waals surface area contributed by atoms with Crippen molar-refractivity contribution in [3.63, 3.8) is 0 Å². The van der Waals surface area contributed by atoms with E-state index in [-0.39, 0.29) is 0 Å². The maximum Gasteiger partial charge on any atom is 0.0509 e. The lowest BCUT2D eigenvalue weighted by molar-refractivity contribution is 0.102. The van der Waals surface area contributed by atoms with Crippen LogP contribution in [-0.4, -0.2) is 44.3 Å². The molecule has 78 valence electrons. The summed E-state index contributed by atoms with van der Waals surface area (Å²) in [7, 11) is 0. The molecule has 2 N–H and O–H groups in total. The fraction of sp³-hybridized carbons (Fsp3) is 1.00. The van der Waals surface area contributed by atoms with Gasteiger partial charge in [0.2, 0.25) is 0 Å². The Morgan fingerprint density at radius 3 is 2.85 bits per heavy atom. The van der Waals surface area contributed by atoms with Crippen LogP contribution in [0.25, 0.3) is 0 Å². The monoisotopic (exact) mass is 186 g/mol. The first-order valence-corrected chi connectivity index (χ1v) is 5.28. The second-order valence-electron chi connectivity index (χ2n) is 3.95. The van der Waals surface area contributed by atoms with Crippen molar-refractivity contribution in [1.82, 2.24) is 4.90 Å². The Morgan fingerprint density at radius 1 is 1.46 bits per heavy atom. The zero-order valence-corrected chi connectivity index (χ0v) is 8.83. The Morgan fingerprint density at radius 2 is 2.23 bits per heavy atom. The van der Waals surface area contributed by atoms with Crippen LogP contribution in [0.1, 0.15) is 13.8 Å². The van der Waals surface area contributed by atoms with Crippen LogP contribution in [0.3, 0.4) is 0 Å². The van der Waals surface area contributed by atoms with Crippen LogP contribution < -0.4 is 5.73 Å². The van der Waals surface area contributed by atoms with E-state index in [1.807, 2.05) is 0 Å².